The highest BCUT2D eigenvalue weighted by Crippen LogP contribution is 2.53. The van der Waals surface area contributed by atoms with Gasteiger partial charge in [-0.2, -0.15) is 0 Å². The molecular formula is C21H27N3O2. The van der Waals surface area contributed by atoms with Crippen molar-refractivity contribution >= 4 is 23.2 Å². The van der Waals surface area contributed by atoms with Crippen molar-refractivity contribution in [3.8, 4) is 0 Å². The van der Waals surface area contributed by atoms with Crippen LogP contribution >= 0.6 is 0 Å². The maximum absolute atomic E-state index is 13.2. The summed E-state index contributed by atoms with van der Waals surface area (Å²) in [6, 6.07) is 7.74. The number of benzene rings is 1. The van der Waals surface area contributed by atoms with Crippen LogP contribution in [0, 0.1) is 23.7 Å². The van der Waals surface area contributed by atoms with Crippen molar-refractivity contribution in [2.75, 3.05) is 16.8 Å². The molecule has 0 aromatic heterocycles. The van der Waals surface area contributed by atoms with Crippen molar-refractivity contribution in [2.24, 2.45) is 23.7 Å². The summed E-state index contributed by atoms with van der Waals surface area (Å²) in [7, 11) is 0. The number of fused-ring (bicyclic) bond motifs is 1. The molecule has 4 bridgehead atoms. The van der Waals surface area contributed by atoms with Crippen LogP contribution in [-0.4, -0.2) is 30.4 Å². The molecule has 5 heteroatoms. The van der Waals surface area contributed by atoms with Gasteiger partial charge in [-0.3, -0.25) is 14.5 Å². The van der Waals surface area contributed by atoms with E-state index in [4.69, 9.17) is 0 Å². The smallest absolute Gasteiger partial charge is 0.244 e. The third-order valence-corrected chi connectivity index (χ3v) is 7.08. The molecule has 0 spiro atoms. The third-order valence-electron chi connectivity index (χ3n) is 7.08. The first-order valence-electron chi connectivity index (χ1n) is 10.0. The molecule has 0 unspecified atom stereocenters. The lowest BCUT2D eigenvalue weighted by atomic mass is 9.54. The van der Waals surface area contributed by atoms with E-state index in [0.29, 0.717) is 6.04 Å². The van der Waals surface area contributed by atoms with E-state index in [9.17, 15) is 9.59 Å². The van der Waals surface area contributed by atoms with Gasteiger partial charge in [-0.25, -0.2) is 0 Å². The Morgan fingerprint density at radius 2 is 1.77 bits per heavy atom. The van der Waals surface area contributed by atoms with E-state index < -0.39 is 0 Å². The second-order valence-electron chi connectivity index (χ2n) is 8.83. The number of rotatable bonds is 3. The van der Waals surface area contributed by atoms with Crippen LogP contribution in [0.4, 0.5) is 11.4 Å². The molecule has 0 radical (unpaired) electrons. The van der Waals surface area contributed by atoms with Gasteiger partial charge in [0.1, 0.15) is 6.54 Å². The van der Waals surface area contributed by atoms with E-state index in [1.807, 2.05) is 31.2 Å². The van der Waals surface area contributed by atoms with Crippen molar-refractivity contribution in [3.05, 3.63) is 24.3 Å². The van der Waals surface area contributed by atoms with Gasteiger partial charge in [0, 0.05) is 6.04 Å². The van der Waals surface area contributed by atoms with Gasteiger partial charge in [0.15, 0.2) is 0 Å². The first-order chi connectivity index (χ1) is 12.6. The summed E-state index contributed by atoms with van der Waals surface area (Å²) in [6.45, 7) is 2.06. The van der Waals surface area contributed by atoms with Crippen LogP contribution in [0.3, 0.4) is 0 Å². The summed E-state index contributed by atoms with van der Waals surface area (Å²) < 4.78 is 0. The predicted molar refractivity (Wildman–Crippen MR) is 101 cm³/mol. The normalized spacial score (nSPS) is 35.8. The topological polar surface area (TPSA) is 61.4 Å². The molecular weight excluding hydrogens is 326 g/mol. The number of anilines is 2. The van der Waals surface area contributed by atoms with Gasteiger partial charge in [0.2, 0.25) is 11.8 Å². The zero-order valence-electron chi connectivity index (χ0n) is 15.3. The number of amides is 2. The van der Waals surface area contributed by atoms with Crippen LogP contribution in [0.25, 0.3) is 0 Å². The molecule has 1 aromatic carbocycles. The lowest BCUT2D eigenvalue weighted by molar-refractivity contribution is -0.123. The molecule has 4 aliphatic carbocycles. The number of hydrogen-bond donors (Lipinski definition) is 2. The SMILES string of the molecule is C[C@H](NC1C2CC3CC(C2)CC1C3)C(=O)N1CC(=O)Nc2ccccc21. The van der Waals surface area contributed by atoms with Crippen molar-refractivity contribution in [1.82, 2.24) is 5.32 Å². The molecule has 4 fully saturated rings. The van der Waals surface area contributed by atoms with E-state index in [2.05, 4.69) is 10.6 Å². The first-order valence-corrected chi connectivity index (χ1v) is 10.0. The summed E-state index contributed by atoms with van der Waals surface area (Å²) in [5.74, 6) is 3.20. The minimum atomic E-state index is -0.267. The second-order valence-corrected chi connectivity index (χ2v) is 8.83. The second kappa shape index (κ2) is 6.08. The summed E-state index contributed by atoms with van der Waals surface area (Å²) in [5.41, 5.74) is 1.52. The predicted octanol–water partition coefficient (Wildman–Crippen LogP) is 2.77. The van der Waals surface area contributed by atoms with Gasteiger partial charge in [-0.05, 0) is 74.8 Å². The van der Waals surface area contributed by atoms with Gasteiger partial charge in [-0.15, -0.1) is 0 Å². The minimum Gasteiger partial charge on any atom is -0.323 e. The Bertz CT molecular complexity index is 719. The average Bonchev–Trinajstić information content (AvgIpc) is 2.62. The Labute approximate surface area is 154 Å². The Balaban J connectivity index is 1.32. The summed E-state index contributed by atoms with van der Waals surface area (Å²) in [5, 5.41) is 6.54. The molecule has 6 rings (SSSR count). The monoisotopic (exact) mass is 353 g/mol. The van der Waals surface area contributed by atoms with Crippen LogP contribution in [0.15, 0.2) is 24.3 Å². The van der Waals surface area contributed by atoms with Crippen LogP contribution < -0.4 is 15.5 Å². The number of nitrogens with zero attached hydrogens (tertiary/aromatic N) is 1. The van der Waals surface area contributed by atoms with Crippen molar-refractivity contribution in [1.29, 1.82) is 0 Å². The third kappa shape index (κ3) is 2.64. The van der Waals surface area contributed by atoms with Crippen molar-refractivity contribution < 1.29 is 9.59 Å². The number of carbonyl (C=O) groups is 2. The largest absolute Gasteiger partial charge is 0.323 e. The summed E-state index contributed by atoms with van der Waals surface area (Å²) in [6.07, 6.45) is 6.77. The Hall–Kier alpha value is -1.88. The fraction of sp³-hybridized carbons (Fsp3) is 0.619. The quantitative estimate of drug-likeness (QED) is 0.878. The first kappa shape index (κ1) is 16.3. The Morgan fingerprint density at radius 3 is 2.46 bits per heavy atom. The molecule has 1 atom stereocenters. The van der Waals surface area contributed by atoms with E-state index in [0.717, 1.165) is 35.0 Å². The van der Waals surface area contributed by atoms with E-state index in [1.54, 1.807) is 4.90 Å². The van der Waals surface area contributed by atoms with Gasteiger partial charge < -0.3 is 10.6 Å². The van der Waals surface area contributed by atoms with Gasteiger partial charge in [0.25, 0.3) is 0 Å². The lowest BCUT2D eigenvalue weighted by Crippen LogP contribution is -2.59. The molecule has 4 saturated carbocycles. The van der Waals surface area contributed by atoms with Crippen LogP contribution in [0.1, 0.15) is 39.0 Å². The average molecular weight is 353 g/mol. The standard InChI is InChI=1S/C21H27N3O2/c1-12(22-20-15-7-13-6-14(9-15)10-16(20)8-13)21(26)24-11-19(25)23-17-4-2-3-5-18(17)24/h2-5,12-16,20,22H,6-11H2,1H3,(H,23,25)/t12-,13?,14?,15?,16?,20?/m0/s1. The maximum Gasteiger partial charge on any atom is 0.244 e. The van der Waals surface area contributed by atoms with Gasteiger partial charge in [-0.1, -0.05) is 12.1 Å². The number of para-hydroxylation sites is 2. The zero-order chi connectivity index (χ0) is 17.8. The highest BCUT2D eigenvalue weighted by molar-refractivity contribution is 6.11. The molecule has 26 heavy (non-hydrogen) atoms. The molecule has 2 amide bonds. The van der Waals surface area contributed by atoms with Gasteiger partial charge in [0.05, 0.1) is 17.4 Å². The van der Waals surface area contributed by atoms with Crippen molar-refractivity contribution in [2.45, 2.75) is 51.1 Å². The highest BCUT2D eigenvalue weighted by Gasteiger charge is 2.48. The molecule has 0 saturated heterocycles. The maximum atomic E-state index is 13.2. The van der Waals surface area contributed by atoms with Crippen LogP contribution in [-0.2, 0) is 9.59 Å². The molecule has 1 heterocycles. The van der Waals surface area contributed by atoms with Crippen LogP contribution in [0.2, 0.25) is 0 Å². The summed E-state index contributed by atoms with van der Waals surface area (Å²) >= 11 is 0. The zero-order valence-corrected chi connectivity index (χ0v) is 15.3. The molecule has 2 N–H and O–H groups in total. The lowest BCUT2D eigenvalue weighted by Gasteiger charge is -2.55. The molecule has 5 aliphatic rings. The minimum absolute atomic E-state index is 0.00102. The van der Waals surface area contributed by atoms with E-state index in [-0.39, 0.29) is 24.4 Å². The Morgan fingerprint density at radius 1 is 1.12 bits per heavy atom. The molecule has 1 aliphatic heterocycles. The Kier molecular flexibility index (Phi) is 3.82. The number of carbonyl (C=O) groups excluding carboxylic acids is 2. The van der Waals surface area contributed by atoms with Crippen molar-refractivity contribution in [3.63, 3.8) is 0 Å². The molecule has 1 aromatic rings. The van der Waals surface area contributed by atoms with Gasteiger partial charge >= 0.3 is 0 Å². The highest BCUT2D eigenvalue weighted by atomic mass is 16.2. The molecule has 5 nitrogen and oxygen atoms in total. The van der Waals surface area contributed by atoms with E-state index >= 15 is 0 Å². The fourth-order valence-electron chi connectivity index (χ4n) is 6.22. The van der Waals surface area contributed by atoms with E-state index in [1.165, 1.54) is 32.1 Å². The summed E-state index contributed by atoms with van der Waals surface area (Å²) in [4.78, 5) is 26.8. The van der Waals surface area contributed by atoms with Crippen LogP contribution in [0.5, 0.6) is 0 Å². The number of hydrogen-bond acceptors (Lipinski definition) is 3. The fourth-order valence-corrected chi connectivity index (χ4v) is 6.22. The number of nitrogens with one attached hydrogen (secondary N) is 2. The molecule has 138 valence electrons.